The molecule has 2 rings (SSSR count). The Morgan fingerprint density at radius 1 is 1.05 bits per heavy atom. The van der Waals surface area contributed by atoms with Gasteiger partial charge in [0.15, 0.2) is 0 Å². The maximum atomic E-state index is 12.4. The van der Waals surface area contributed by atoms with Crippen molar-refractivity contribution >= 4 is 11.6 Å². The summed E-state index contributed by atoms with van der Waals surface area (Å²) in [7, 11) is 0. The summed E-state index contributed by atoms with van der Waals surface area (Å²) < 4.78 is 0. The number of hydrogen-bond acceptors (Lipinski definition) is 2. The zero-order chi connectivity index (χ0) is 15.4. The summed E-state index contributed by atoms with van der Waals surface area (Å²) in [6.07, 6.45) is 1.79. The Morgan fingerprint density at radius 3 is 2.24 bits per heavy atom. The summed E-state index contributed by atoms with van der Waals surface area (Å²) in [5, 5.41) is 12.6. The molecule has 0 aliphatic rings. The molecule has 0 spiro atoms. The standard InChI is InChI=1S/C18H21NO2/c1-4-13-9-14(5-2)11-15(10-13)18(21)19-16-8-12(3)6-7-17(16)20/h6-11,20H,4-5H2,1-3H3,(H,19,21). The normalized spacial score (nSPS) is 10.4. The molecule has 0 saturated heterocycles. The lowest BCUT2D eigenvalue weighted by molar-refractivity contribution is 0.102. The molecule has 1 amide bonds. The Hall–Kier alpha value is -2.29. The van der Waals surface area contributed by atoms with Crippen molar-refractivity contribution in [3.05, 3.63) is 58.7 Å². The van der Waals surface area contributed by atoms with E-state index in [1.165, 1.54) is 0 Å². The number of rotatable bonds is 4. The maximum absolute atomic E-state index is 12.4. The Morgan fingerprint density at radius 2 is 1.67 bits per heavy atom. The number of amides is 1. The lowest BCUT2D eigenvalue weighted by atomic mass is 10.0. The van der Waals surface area contributed by atoms with Crippen molar-refractivity contribution in [3.8, 4) is 5.75 Å². The molecule has 0 saturated carbocycles. The van der Waals surface area contributed by atoms with Gasteiger partial charge >= 0.3 is 0 Å². The molecule has 0 aliphatic carbocycles. The van der Waals surface area contributed by atoms with E-state index in [2.05, 4.69) is 25.2 Å². The quantitative estimate of drug-likeness (QED) is 0.831. The highest BCUT2D eigenvalue weighted by atomic mass is 16.3. The second kappa shape index (κ2) is 6.44. The van der Waals surface area contributed by atoms with E-state index in [1.54, 1.807) is 18.2 Å². The van der Waals surface area contributed by atoms with Crippen LogP contribution in [0, 0.1) is 6.92 Å². The molecular weight excluding hydrogens is 262 g/mol. The summed E-state index contributed by atoms with van der Waals surface area (Å²) in [5.41, 5.74) is 4.35. The van der Waals surface area contributed by atoms with Crippen LogP contribution in [0.4, 0.5) is 5.69 Å². The monoisotopic (exact) mass is 283 g/mol. The van der Waals surface area contributed by atoms with Gasteiger partial charge < -0.3 is 10.4 Å². The van der Waals surface area contributed by atoms with Gasteiger partial charge in [-0.3, -0.25) is 4.79 Å². The van der Waals surface area contributed by atoms with Gasteiger partial charge in [-0.15, -0.1) is 0 Å². The number of nitrogens with one attached hydrogen (secondary N) is 1. The first kappa shape index (κ1) is 15.1. The number of hydrogen-bond donors (Lipinski definition) is 2. The van der Waals surface area contributed by atoms with Crippen LogP contribution in [-0.4, -0.2) is 11.0 Å². The first-order valence-electron chi connectivity index (χ1n) is 7.27. The minimum Gasteiger partial charge on any atom is -0.506 e. The molecule has 110 valence electrons. The van der Waals surface area contributed by atoms with E-state index in [1.807, 2.05) is 19.1 Å². The van der Waals surface area contributed by atoms with Gasteiger partial charge in [0.25, 0.3) is 5.91 Å². The van der Waals surface area contributed by atoms with Gasteiger partial charge in [0.1, 0.15) is 5.75 Å². The van der Waals surface area contributed by atoms with Crippen LogP contribution in [0.5, 0.6) is 5.75 Å². The molecule has 3 heteroatoms. The number of benzene rings is 2. The van der Waals surface area contributed by atoms with Crippen LogP contribution in [0.2, 0.25) is 0 Å². The Labute approximate surface area is 125 Å². The fraction of sp³-hybridized carbons (Fsp3) is 0.278. The van der Waals surface area contributed by atoms with E-state index in [9.17, 15) is 9.90 Å². The zero-order valence-corrected chi connectivity index (χ0v) is 12.7. The second-order valence-electron chi connectivity index (χ2n) is 5.22. The van der Waals surface area contributed by atoms with Crippen molar-refractivity contribution in [1.82, 2.24) is 0 Å². The molecule has 0 aromatic heterocycles. The van der Waals surface area contributed by atoms with Crippen LogP contribution in [-0.2, 0) is 12.8 Å². The van der Waals surface area contributed by atoms with Crippen molar-refractivity contribution in [2.45, 2.75) is 33.6 Å². The molecule has 3 nitrogen and oxygen atoms in total. The fourth-order valence-corrected chi connectivity index (χ4v) is 2.25. The number of phenolic OH excluding ortho intramolecular Hbond substituents is 1. The van der Waals surface area contributed by atoms with Crippen molar-refractivity contribution in [3.63, 3.8) is 0 Å². The number of phenols is 1. The number of anilines is 1. The average Bonchev–Trinajstić information content (AvgIpc) is 2.50. The number of carbonyl (C=O) groups excluding carboxylic acids is 1. The van der Waals surface area contributed by atoms with E-state index in [0.717, 1.165) is 29.5 Å². The molecule has 0 bridgehead atoms. The zero-order valence-electron chi connectivity index (χ0n) is 12.7. The fourth-order valence-electron chi connectivity index (χ4n) is 2.25. The van der Waals surface area contributed by atoms with Crippen molar-refractivity contribution < 1.29 is 9.90 Å². The molecule has 2 aromatic carbocycles. The lowest BCUT2D eigenvalue weighted by Gasteiger charge is -2.10. The van der Waals surface area contributed by atoms with E-state index in [-0.39, 0.29) is 11.7 Å². The van der Waals surface area contributed by atoms with Crippen LogP contribution >= 0.6 is 0 Å². The molecule has 0 heterocycles. The molecule has 0 unspecified atom stereocenters. The van der Waals surface area contributed by atoms with Crippen LogP contribution in [0.1, 0.15) is 40.9 Å². The molecule has 0 fully saturated rings. The SMILES string of the molecule is CCc1cc(CC)cc(C(=O)Nc2cc(C)ccc2O)c1. The third-order valence-corrected chi connectivity index (χ3v) is 3.53. The van der Waals surface area contributed by atoms with Gasteiger partial charge in [-0.1, -0.05) is 26.0 Å². The van der Waals surface area contributed by atoms with E-state index in [0.29, 0.717) is 11.3 Å². The first-order chi connectivity index (χ1) is 10.0. The number of aryl methyl sites for hydroxylation is 3. The van der Waals surface area contributed by atoms with Crippen LogP contribution in [0.25, 0.3) is 0 Å². The Bertz CT molecular complexity index is 640. The summed E-state index contributed by atoms with van der Waals surface area (Å²) in [4.78, 5) is 12.4. The molecule has 0 aliphatic heterocycles. The molecular formula is C18H21NO2. The van der Waals surface area contributed by atoms with Gasteiger partial charge in [0.2, 0.25) is 0 Å². The molecule has 2 N–H and O–H groups in total. The van der Waals surface area contributed by atoms with Gasteiger partial charge in [0, 0.05) is 5.56 Å². The lowest BCUT2D eigenvalue weighted by Crippen LogP contribution is -2.13. The van der Waals surface area contributed by atoms with E-state index in [4.69, 9.17) is 0 Å². The van der Waals surface area contributed by atoms with Crippen molar-refractivity contribution in [2.75, 3.05) is 5.32 Å². The third kappa shape index (κ3) is 3.63. The molecule has 0 atom stereocenters. The van der Waals surface area contributed by atoms with Gasteiger partial charge in [-0.25, -0.2) is 0 Å². The first-order valence-corrected chi connectivity index (χ1v) is 7.27. The van der Waals surface area contributed by atoms with Crippen molar-refractivity contribution in [2.24, 2.45) is 0 Å². The van der Waals surface area contributed by atoms with E-state index < -0.39 is 0 Å². The van der Waals surface area contributed by atoms with Gasteiger partial charge in [-0.2, -0.15) is 0 Å². The van der Waals surface area contributed by atoms with Crippen LogP contribution in [0.3, 0.4) is 0 Å². The van der Waals surface area contributed by atoms with Gasteiger partial charge in [0.05, 0.1) is 5.69 Å². The minimum atomic E-state index is -0.194. The van der Waals surface area contributed by atoms with Crippen LogP contribution < -0.4 is 5.32 Å². The summed E-state index contributed by atoms with van der Waals surface area (Å²) >= 11 is 0. The topological polar surface area (TPSA) is 49.3 Å². The molecule has 2 aromatic rings. The highest BCUT2D eigenvalue weighted by molar-refractivity contribution is 6.05. The predicted octanol–water partition coefficient (Wildman–Crippen LogP) is 4.08. The minimum absolute atomic E-state index is 0.0799. The average molecular weight is 283 g/mol. The molecule has 0 radical (unpaired) electrons. The van der Waals surface area contributed by atoms with Crippen LogP contribution in [0.15, 0.2) is 36.4 Å². The largest absolute Gasteiger partial charge is 0.506 e. The molecule has 21 heavy (non-hydrogen) atoms. The second-order valence-corrected chi connectivity index (χ2v) is 5.22. The number of aromatic hydroxyl groups is 1. The number of carbonyl (C=O) groups is 1. The third-order valence-electron chi connectivity index (χ3n) is 3.53. The smallest absolute Gasteiger partial charge is 0.255 e. The summed E-state index contributed by atoms with van der Waals surface area (Å²) in [6.45, 7) is 6.06. The summed E-state index contributed by atoms with van der Waals surface area (Å²) in [5.74, 6) is -0.114. The predicted molar refractivity (Wildman–Crippen MR) is 86.0 cm³/mol. The highest BCUT2D eigenvalue weighted by Gasteiger charge is 2.11. The van der Waals surface area contributed by atoms with Gasteiger partial charge in [-0.05, 0) is 60.7 Å². The Balaban J connectivity index is 2.29. The maximum Gasteiger partial charge on any atom is 0.255 e. The van der Waals surface area contributed by atoms with Crippen molar-refractivity contribution in [1.29, 1.82) is 0 Å². The summed E-state index contributed by atoms with van der Waals surface area (Å²) in [6, 6.07) is 11.1. The van der Waals surface area contributed by atoms with E-state index >= 15 is 0 Å². The Kier molecular flexibility index (Phi) is 4.63. The highest BCUT2D eigenvalue weighted by Crippen LogP contribution is 2.24.